The first-order valence-electron chi connectivity index (χ1n) is 7.87. The average molecular weight is 282 g/mol. The fraction of sp³-hybridized carbons (Fsp3) is 0.471. The zero-order chi connectivity index (χ0) is 14.2. The van der Waals surface area contributed by atoms with Crippen LogP contribution in [-0.4, -0.2) is 22.1 Å². The van der Waals surface area contributed by atoms with E-state index in [0.29, 0.717) is 0 Å². The lowest BCUT2D eigenvalue weighted by molar-refractivity contribution is 0.557. The number of fused-ring (bicyclic) bond motifs is 1. The topological polar surface area (TPSA) is 33.1 Å². The molecule has 0 spiro atoms. The summed E-state index contributed by atoms with van der Waals surface area (Å²) >= 11 is 0. The number of aryl methyl sites for hydroxylation is 1. The monoisotopic (exact) mass is 282 g/mol. The largest absolute Gasteiger partial charge is 0.362 e. The Bertz CT molecular complexity index is 642. The SMILES string of the molecule is Cc1ccc(N2CCn3ccnc3C2)c(CNC2CC2)c1. The van der Waals surface area contributed by atoms with Crippen molar-refractivity contribution in [3.8, 4) is 0 Å². The molecule has 0 atom stereocenters. The fourth-order valence-corrected chi connectivity index (χ4v) is 3.09. The maximum Gasteiger partial charge on any atom is 0.128 e. The van der Waals surface area contributed by atoms with Gasteiger partial charge in [-0.3, -0.25) is 0 Å². The number of nitrogens with one attached hydrogen (secondary N) is 1. The minimum Gasteiger partial charge on any atom is -0.362 e. The Labute approximate surface area is 125 Å². The molecule has 0 bridgehead atoms. The Morgan fingerprint density at radius 3 is 3.05 bits per heavy atom. The zero-order valence-electron chi connectivity index (χ0n) is 12.5. The van der Waals surface area contributed by atoms with E-state index in [4.69, 9.17) is 0 Å². The molecule has 1 aliphatic carbocycles. The van der Waals surface area contributed by atoms with E-state index in [-0.39, 0.29) is 0 Å². The minimum atomic E-state index is 0.749. The Morgan fingerprint density at radius 1 is 1.29 bits per heavy atom. The van der Waals surface area contributed by atoms with E-state index < -0.39 is 0 Å². The number of rotatable bonds is 4. The predicted octanol–water partition coefficient (Wildman–Crippen LogP) is 2.46. The lowest BCUT2D eigenvalue weighted by Crippen LogP contribution is -2.34. The summed E-state index contributed by atoms with van der Waals surface area (Å²) in [5, 5.41) is 3.65. The molecule has 0 saturated heterocycles. The molecule has 0 unspecified atom stereocenters. The van der Waals surface area contributed by atoms with Crippen molar-refractivity contribution < 1.29 is 0 Å². The third-order valence-corrected chi connectivity index (χ3v) is 4.48. The molecule has 21 heavy (non-hydrogen) atoms. The molecule has 2 heterocycles. The Hall–Kier alpha value is -1.81. The summed E-state index contributed by atoms with van der Waals surface area (Å²) in [4.78, 5) is 6.93. The van der Waals surface area contributed by atoms with Crippen molar-refractivity contribution in [3.05, 3.63) is 47.5 Å². The summed E-state index contributed by atoms with van der Waals surface area (Å²) in [5.41, 5.74) is 4.12. The molecule has 0 amide bonds. The summed E-state index contributed by atoms with van der Waals surface area (Å²) in [7, 11) is 0. The molecule has 1 aromatic heterocycles. The molecular weight excluding hydrogens is 260 g/mol. The van der Waals surface area contributed by atoms with Crippen molar-refractivity contribution >= 4 is 5.69 Å². The van der Waals surface area contributed by atoms with Gasteiger partial charge in [-0.2, -0.15) is 0 Å². The van der Waals surface area contributed by atoms with Gasteiger partial charge < -0.3 is 14.8 Å². The summed E-state index contributed by atoms with van der Waals surface area (Å²) < 4.78 is 2.26. The molecule has 4 rings (SSSR count). The molecule has 4 nitrogen and oxygen atoms in total. The normalized spacial score (nSPS) is 17.9. The predicted molar refractivity (Wildman–Crippen MR) is 84.3 cm³/mol. The second-order valence-electron chi connectivity index (χ2n) is 6.25. The van der Waals surface area contributed by atoms with Gasteiger partial charge in [0.1, 0.15) is 5.82 Å². The van der Waals surface area contributed by atoms with E-state index in [9.17, 15) is 0 Å². The molecule has 110 valence electrons. The van der Waals surface area contributed by atoms with Crippen LogP contribution in [0.2, 0.25) is 0 Å². The van der Waals surface area contributed by atoms with E-state index in [2.05, 4.69) is 51.1 Å². The van der Waals surface area contributed by atoms with Crippen LogP contribution in [0.15, 0.2) is 30.6 Å². The molecule has 0 radical (unpaired) electrons. The van der Waals surface area contributed by atoms with Crippen molar-refractivity contribution in [3.63, 3.8) is 0 Å². The standard InChI is InChI=1S/C17H22N4/c1-13-2-5-16(14(10-13)11-19-15-3-4-15)21-9-8-20-7-6-18-17(20)12-21/h2,5-7,10,15,19H,3-4,8-9,11-12H2,1H3. The molecule has 1 N–H and O–H groups in total. The number of aromatic nitrogens is 2. The van der Waals surface area contributed by atoms with Crippen LogP contribution in [0.5, 0.6) is 0 Å². The van der Waals surface area contributed by atoms with Crippen LogP contribution in [0.4, 0.5) is 5.69 Å². The molecule has 2 aliphatic rings. The van der Waals surface area contributed by atoms with Crippen LogP contribution in [-0.2, 0) is 19.6 Å². The highest BCUT2D eigenvalue weighted by atomic mass is 15.2. The maximum absolute atomic E-state index is 4.47. The second kappa shape index (κ2) is 5.19. The Balaban J connectivity index is 1.58. The van der Waals surface area contributed by atoms with Crippen LogP contribution >= 0.6 is 0 Å². The van der Waals surface area contributed by atoms with Gasteiger partial charge in [-0.25, -0.2) is 4.98 Å². The van der Waals surface area contributed by atoms with E-state index in [1.54, 1.807) is 0 Å². The summed E-state index contributed by atoms with van der Waals surface area (Å²) in [6, 6.07) is 7.57. The number of hydrogen-bond donors (Lipinski definition) is 1. The number of nitrogens with zero attached hydrogens (tertiary/aromatic N) is 3. The molecule has 1 aliphatic heterocycles. The molecule has 1 saturated carbocycles. The van der Waals surface area contributed by atoms with E-state index in [1.807, 2.05) is 6.20 Å². The second-order valence-corrected chi connectivity index (χ2v) is 6.25. The molecule has 1 aromatic carbocycles. The third kappa shape index (κ3) is 2.68. The fourth-order valence-electron chi connectivity index (χ4n) is 3.09. The van der Waals surface area contributed by atoms with Gasteiger partial charge in [0.15, 0.2) is 0 Å². The zero-order valence-corrected chi connectivity index (χ0v) is 12.5. The first-order valence-corrected chi connectivity index (χ1v) is 7.87. The van der Waals surface area contributed by atoms with Crippen molar-refractivity contribution in [1.82, 2.24) is 14.9 Å². The number of hydrogen-bond acceptors (Lipinski definition) is 3. The number of benzene rings is 1. The minimum absolute atomic E-state index is 0.749. The highest BCUT2D eigenvalue weighted by molar-refractivity contribution is 5.55. The Morgan fingerprint density at radius 2 is 2.19 bits per heavy atom. The first-order chi connectivity index (χ1) is 10.3. The van der Waals surface area contributed by atoms with Crippen LogP contribution in [0, 0.1) is 6.92 Å². The van der Waals surface area contributed by atoms with Crippen LogP contribution in [0.25, 0.3) is 0 Å². The van der Waals surface area contributed by atoms with Gasteiger partial charge in [0.2, 0.25) is 0 Å². The summed E-state index contributed by atoms with van der Waals surface area (Å²) in [6.45, 7) is 6.15. The van der Waals surface area contributed by atoms with E-state index >= 15 is 0 Å². The van der Waals surface area contributed by atoms with Crippen molar-refractivity contribution in [2.75, 3.05) is 11.4 Å². The van der Waals surface area contributed by atoms with Crippen LogP contribution < -0.4 is 10.2 Å². The van der Waals surface area contributed by atoms with E-state index in [0.717, 1.165) is 32.2 Å². The van der Waals surface area contributed by atoms with Gasteiger partial charge in [0, 0.05) is 43.8 Å². The van der Waals surface area contributed by atoms with Crippen molar-refractivity contribution in [2.24, 2.45) is 0 Å². The van der Waals surface area contributed by atoms with Crippen LogP contribution in [0.3, 0.4) is 0 Å². The van der Waals surface area contributed by atoms with Gasteiger partial charge in [-0.05, 0) is 31.4 Å². The van der Waals surface area contributed by atoms with Crippen molar-refractivity contribution in [2.45, 2.75) is 45.4 Å². The summed E-state index contributed by atoms with van der Waals surface area (Å²) in [5.74, 6) is 1.17. The first kappa shape index (κ1) is 12.9. The quantitative estimate of drug-likeness (QED) is 0.935. The highest BCUT2D eigenvalue weighted by Crippen LogP contribution is 2.27. The Kier molecular flexibility index (Phi) is 3.19. The summed E-state index contributed by atoms with van der Waals surface area (Å²) in [6.07, 6.45) is 6.66. The molecule has 2 aromatic rings. The highest BCUT2D eigenvalue weighted by Gasteiger charge is 2.22. The number of anilines is 1. The molecular formula is C17H22N4. The molecule has 4 heteroatoms. The van der Waals surface area contributed by atoms with Gasteiger partial charge in [-0.15, -0.1) is 0 Å². The van der Waals surface area contributed by atoms with Gasteiger partial charge >= 0.3 is 0 Å². The van der Waals surface area contributed by atoms with Gasteiger partial charge in [0.05, 0.1) is 6.54 Å². The maximum atomic E-state index is 4.47. The van der Waals surface area contributed by atoms with E-state index in [1.165, 1.54) is 35.5 Å². The van der Waals surface area contributed by atoms with Gasteiger partial charge in [0.25, 0.3) is 0 Å². The number of imidazole rings is 1. The third-order valence-electron chi connectivity index (χ3n) is 4.48. The lowest BCUT2D eigenvalue weighted by Gasteiger charge is -2.31. The van der Waals surface area contributed by atoms with Crippen molar-refractivity contribution in [1.29, 1.82) is 0 Å². The van der Waals surface area contributed by atoms with Gasteiger partial charge in [-0.1, -0.05) is 17.7 Å². The molecule has 1 fully saturated rings. The smallest absolute Gasteiger partial charge is 0.128 e. The lowest BCUT2D eigenvalue weighted by atomic mass is 10.1. The average Bonchev–Trinajstić information content (AvgIpc) is 3.20. The van der Waals surface area contributed by atoms with Crippen LogP contribution in [0.1, 0.15) is 29.8 Å².